The number of hydrogen-bond donors (Lipinski definition) is 1. The Kier molecular flexibility index (Phi) is 6.15. The number of alkyl carbamates (subject to hydrolysis) is 1. The van der Waals surface area contributed by atoms with Crippen molar-refractivity contribution in [3.8, 4) is 0 Å². The molecule has 0 unspecified atom stereocenters. The van der Waals surface area contributed by atoms with E-state index in [0.717, 1.165) is 6.42 Å². The first-order valence-corrected chi connectivity index (χ1v) is 4.18. The van der Waals surface area contributed by atoms with Gasteiger partial charge in [0.2, 0.25) is 0 Å². The first-order valence-electron chi connectivity index (χ1n) is 4.18. The summed E-state index contributed by atoms with van der Waals surface area (Å²) in [5.74, 6) is 0.602. The number of ether oxygens (including phenoxy) is 1. The molecule has 0 heterocycles. The summed E-state index contributed by atoms with van der Waals surface area (Å²) >= 11 is 0. The molecule has 3 nitrogen and oxygen atoms in total. The van der Waals surface area contributed by atoms with Crippen molar-refractivity contribution in [1.82, 2.24) is 5.32 Å². The van der Waals surface area contributed by atoms with E-state index in [0.29, 0.717) is 12.5 Å². The molecular formula is C9H17NO2. The number of nitrogens with one attached hydrogen (secondary N) is 1. The molecule has 0 fully saturated rings. The van der Waals surface area contributed by atoms with Crippen molar-refractivity contribution in [2.24, 2.45) is 5.92 Å². The third-order valence-electron chi connectivity index (χ3n) is 1.32. The molecule has 12 heavy (non-hydrogen) atoms. The minimum atomic E-state index is -0.365. The molecule has 0 aromatic heterocycles. The van der Waals surface area contributed by atoms with Crippen LogP contribution in [0.25, 0.3) is 0 Å². The van der Waals surface area contributed by atoms with Crippen LogP contribution in [0.2, 0.25) is 0 Å². The second kappa shape index (κ2) is 6.70. The third kappa shape index (κ3) is 7.12. The van der Waals surface area contributed by atoms with Crippen LogP contribution in [0.4, 0.5) is 4.79 Å². The Hall–Kier alpha value is -0.990. The fraction of sp³-hybridized carbons (Fsp3) is 0.667. The molecule has 0 radical (unpaired) electrons. The minimum absolute atomic E-state index is 0.271. The molecule has 0 saturated carbocycles. The second-order valence-electron chi connectivity index (χ2n) is 3.00. The zero-order valence-corrected chi connectivity index (χ0v) is 7.80. The normalized spacial score (nSPS) is 9.58. The highest BCUT2D eigenvalue weighted by molar-refractivity contribution is 5.67. The highest BCUT2D eigenvalue weighted by atomic mass is 16.5. The lowest BCUT2D eigenvalue weighted by atomic mass is 10.1. The maximum Gasteiger partial charge on any atom is 0.407 e. The molecule has 3 heteroatoms. The molecule has 0 spiro atoms. The van der Waals surface area contributed by atoms with E-state index in [1.165, 1.54) is 0 Å². The van der Waals surface area contributed by atoms with Gasteiger partial charge in [0.1, 0.15) is 6.61 Å². The zero-order valence-electron chi connectivity index (χ0n) is 7.80. The van der Waals surface area contributed by atoms with Crippen LogP contribution in [0, 0.1) is 5.92 Å². The van der Waals surface area contributed by atoms with Gasteiger partial charge in [0.05, 0.1) is 0 Å². The summed E-state index contributed by atoms with van der Waals surface area (Å²) in [6, 6.07) is 0. The summed E-state index contributed by atoms with van der Waals surface area (Å²) in [6.45, 7) is 8.60. The molecule has 0 aromatic carbocycles. The molecule has 0 saturated heterocycles. The summed E-state index contributed by atoms with van der Waals surface area (Å²) in [5, 5.41) is 2.64. The van der Waals surface area contributed by atoms with E-state index in [1.54, 1.807) is 6.08 Å². The van der Waals surface area contributed by atoms with E-state index in [1.807, 2.05) is 0 Å². The van der Waals surface area contributed by atoms with Gasteiger partial charge in [-0.15, -0.1) is 0 Å². The van der Waals surface area contributed by atoms with Crippen LogP contribution in [0.5, 0.6) is 0 Å². The monoisotopic (exact) mass is 171 g/mol. The Bertz CT molecular complexity index is 143. The fourth-order valence-electron chi connectivity index (χ4n) is 0.649. The van der Waals surface area contributed by atoms with Crippen LogP contribution < -0.4 is 5.32 Å². The lowest BCUT2D eigenvalue weighted by molar-refractivity contribution is 0.158. The summed E-state index contributed by atoms with van der Waals surface area (Å²) in [7, 11) is 0. The SMILES string of the molecule is C=CCOC(=O)NCCC(C)C. The van der Waals surface area contributed by atoms with Crippen molar-refractivity contribution in [3.05, 3.63) is 12.7 Å². The Labute approximate surface area is 73.8 Å². The Balaban J connectivity index is 3.25. The van der Waals surface area contributed by atoms with Gasteiger partial charge >= 0.3 is 6.09 Å². The molecular weight excluding hydrogens is 154 g/mol. The van der Waals surface area contributed by atoms with Gasteiger partial charge in [-0.25, -0.2) is 4.79 Å². The maximum absolute atomic E-state index is 10.8. The quantitative estimate of drug-likeness (QED) is 0.642. The molecule has 0 atom stereocenters. The summed E-state index contributed by atoms with van der Waals surface area (Å²) in [5.41, 5.74) is 0. The average molecular weight is 171 g/mol. The van der Waals surface area contributed by atoms with Gasteiger partial charge in [-0.3, -0.25) is 0 Å². The third-order valence-corrected chi connectivity index (χ3v) is 1.32. The molecule has 70 valence electrons. The van der Waals surface area contributed by atoms with Gasteiger partial charge in [-0.05, 0) is 12.3 Å². The van der Waals surface area contributed by atoms with Gasteiger partial charge in [0, 0.05) is 6.54 Å². The highest BCUT2D eigenvalue weighted by Crippen LogP contribution is 1.96. The minimum Gasteiger partial charge on any atom is -0.445 e. The largest absolute Gasteiger partial charge is 0.445 e. The summed E-state index contributed by atoms with van der Waals surface area (Å²) < 4.78 is 4.70. The lowest BCUT2D eigenvalue weighted by Crippen LogP contribution is -2.26. The molecule has 1 amide bonds. The lowest BCUT2D eigenvalue weighted by Gasteiger charge is -2.06. The standard InChI is InChI=1S/C9H17NO2/c1-4-7-12-9(11)10-6-5-8(2)3/h4,8H,1,5-7H2,2-3H3,(H,10,11). The second-order valence-corrected chi connectivity index (χ2v) is 3.00. The molecule has 0 bridgehead atoms. The first-order chi connectivity index (χ1) is 5.66. The molecule has 0 aliphatic rings. The molecule has 1 N–H and O–H groups in total. The van der Waals surface area contributed by atoms with E-state index in [9.17, 15) is 4.79 Å². The van der Waals surface area contributed by atoms with Gasteiger partial charge < -0.3 is 10.1 Å². The summed E-state index contributed by atoms with van der Waals surface area (Å²) in [4.78, 5) is 10.8. The smallest absolute Gasteiger partial charge is 0.407 e. The molecule has 0 rings (SSSR count). The van der Waals surface area contributed by atoms with Gasteiger partial charge in [-0.2, -0.15) is 0 Å². The van der Waals surface area contributed by atoms with E-state index in [4.69, 9.17) is 4.74 Å². The van der Waals surface area contributed by atoms with E-state index in [-0.39, 0.29) is 12.7 Å². The topological polar surface area (TPSA) is 38.3 Å². The average Bonchev–Trinajstić information content (AvgIpc) is 2.00. The molecule has 0 aliphatic carbocycles. The Morgan fingerprint density at radius 3 is 2.83 bits per heavy atom. The fourth-order valence-corrected chi connectivity index (χ4v) is 0.649. The number of rotatable bonds is 5. The van der Waals surface area contributed by atoms with Crippen LogP contribution in [-0.4, -0.2) is 19.2 Å². The summed E-state index contributed by atoms with van der Waals surface area (Å²) in [6.07, 6.45) is 2.15. The number of hydrogen-bond acceptors (Lipinski definition) is 2. The van der Waals surface area contributed by atoms with Gasteiger partial charge in [0.25, 0.3) is 0 Å². The molecule has 0 aliphatic heterocycles. The number of amides is 1. The van der Waals surface area contributed by atoms with Crippen LogP contribution in [-0.2, 0) is 4.74 Å². The first kappa shape index (κ1) is 11.0. The van der Waals surface area contributed by atoms with E-state index in [2.05, 4.69) is 25.7 Å². The predicted molar refractivity (Wildman–Crippen MR) is 49.0 cm³/mol. The van der Waals surface area contributed by atoms with Crippen molar-refractivity contribution in [1.29, 1.82) is 0 Å². The van der Waals surface area contributed by atoms with Crippen molar-refractivity contribution in [2.75, 3.05) is 13.2 Å². The van der Waals surface area contributed by atoms with E-state index >= 15 is 0 Å². The van der Waals surface area contributed by atoms with Gasteiger partial charge in [0.15, 0.2) is 0 Å². The van der Waals surface area contributed by atoms with Crippen molar-refractivity contribution >= 4 is 6.09 Å². The predicted octanol–water partition coefficient (Wildman–Crippen LogP) is 1.94. The Morgan fingerprint density at radius 2 is 2.33 bits per heavy atom. The van der Waals surface area contributed by atoms with Crippen LogP contribution in [0.1, 0.15) is 20.3 Å². The van der Waals surface area contributed by atoms with Crippen LogP contribution in [0.3, 0.4) is 0 Å². The van der Waals surface area contributed by atoms with Crippen molar-refractivity contribution in [2.45, 2.75) is 20.3 Å². The van der Waals surface area contributed by atoms with Crippen molar-refractivity contribution < 1.29 is 9.53 Å². The molecule has 0 aromatic rings. The maximum atomic E-state index is 10.8. The van der Waals surface area contributed by atoms with Gasteiger partial charge in [-0.1, -0.05) is 26.5 Å². The highest BCUT2D eigenvalue weighted by Gasteiger charge is 1.99. The zero-order chi connectivity index (χ0) is 9.40. The van der Waals surface area contributed by atoms with E-state index < -0.39 is 0 Å². The van der Waals surface area contributed by atoms with Crippen LogP contribution >= 0.6 is 0 Å². The van der Waals surface area contributed by atoms with Crippen LogP contribution in [0.15, 0.2) is 12.7 Å². The number of carbonyl (C=O) groups is 1. The number of carbonyl (C=O) groups excluding carboxylic acids is 1. The Morgan fingerprint density at radius 1 is 1.67 bits per heavy atom. The van der Waals surface area contributed by atoms with Crippen molar-refractivity contribution in [3.63, 3.8) is 0 Å².